The lowest BCUT2D eigenvalue weighted by molar-refractivity contribution is 1.10. The number of allylic oxidation sites excluding steroid dienone is 1. The molecule has 0 saturated carbocycles. The van der Waals surface area contributed by atoms with E-state index in [0.29, 0.717) is 6.42 Å². The van der Waals surface area contributed by atoms with Gasteiger partial charge in [-0.1, -0.05) is 69.4 Å². The number of rotatable bonds is 2. The molecule has 0 nitrogen and oxygen atoms in total. The second-order valence-corrected chi connectivity index (χ2v) is 6.34. The maximum atomic E-state index is 5.68. The van der Waals surface area contributed by atoms with Gasteiger partial charge in [-0.2, -0.15) is 0 Å². The van der Waals surface area contributed by atoms with Crippen LogP contribution in [0.15, 0.2) is 35.3 Å². The zero-order valence-corrected chi connectivity index (χ0v) is 11.1. The second-order valence-electron chi connectivity index (χ2n) is 2.91. The summed E-state index contributed by atoms with van der Waals surface area (Å²) in [6, 6.07) is 7.73. The fraction of sp³-hybridized carbons (Fsp3) is 0.200. The number of hydrogen-bond acceptors (Lipinski definition) is 0. The molecule has 4 heteroatoms. The summed E-state index contributed by atoms with van der Waals surface area (Å²) in [6.45, 7) is 3.88. The molecule has 1 aromatic rings. The summed E-state index contributed by atoms with van der Waals surface area (Å²) < 4.78 is -0.292. The van der Waals surface area contributed by atoms with E-state index in [1.807, 2.05) is 24.3 Å². The van der Waals surface area contributed by atoms with Crippen molar-refractivity contribution in [3.05, 3.63) is 40.9 Å². The monoisotopic (exact) mass is 312 g/mol. The standard InChI is InChI=1S/C10H8BrCl3/c1-7(6-10(12,13)14)8-3-2-4-9(11)5-8/h2-5H,1,6H2. The molecule has 0 radical (unpaired) electrons. The zero-order valence-electron chi connectivity index (χ0n) is 7.24. The smallest absolute Gasteiger partial charge is 0.0951 e. The molecule has 14 heavy (non-hydrogen) atoms. The Morgan fingerprint density at radius 2 is 2.00 bits per heavy atom. The average molecular weight is 314 g/mol. The lowest BCUT2D eigenvalue weighted by atomic mass is 10.1. The van der Waals surface area contributed by atoms with E-state index in [-0.39, 0.29) is 0 Å². The third kappa shape index (κ3) is 4.22. The van der Waals surface area contributed by atoms with E-state index in [0.717, 1.165) is 15.6 Å². The highest BCUT2D eigenvalue weighted by atomic mass is 79.9. The zero-order chi connectivity index (χ0) is 10.8. The first kappa shape index (κ1) is 12.4. The van der Waals surface area contributed by atoms with Crippen molar-refractivity contribution in [3.8, 4) is 0 Å². The SMILES string of the molecule is C=C(CC(Cl)(Cl)Cl)c1cccc(Br)c1. The van der Waals surface area contributed by atoms with Crippen LogP contribution in [-0.2, 0) is 0 Å². The van der Waals surface area contributed by atoms with Gasteiger partial charge in [0.2, 0.25) is 0 Å². The molecule has 0 aromatic heterocycles. The third-order valence-corrected chi connectivity index (χ3v) is 2.54. The van der Waals surface area contributed by atoms with Crippen molar-refractivity contribution in [2.24, 2.45) is 0 Å². The molecule has 1 rings (SSSR count). The van der Waals surface area contributed by atoms with Gasteiger partial charge in [-0.3, -0.25) is 0 Å². The molecule has 1 aromatic carbocycles. The maximum absolute atomic E-state index is 5.68. The molecule has 0 aliphatic carbocycles. The lowest BCUT2D eigenvalue weighted by Gasteiger charge is -2.13. The molecule has 0 N–H and O–H groups in total. The summed E-state index contributed by atoms with van der Waals surface area (Å²) in [5, 5.41) is 0. The first-order chi connectivity index (χ1) is 6.38. The Morgan fingerprint density at radius 3 is 2.50 bits per heavy atom. The minimum atomic E-state index is -1.28. The van der Waals surface area contributed by atoms with Crippen molar-refractivity contribution in [2.75, 3.05) is 0 Å². The number of benzene rings is 1. The second kappa shape index (κ2) is 4.89. The first-order valence-electron chi connectivity index (χ1n) is 3.89. The molecule has 0 saturated heterocycles. The molecule has 76 valence electrons. The van der Waals surface area contributed by atoms with Crippen molar-refractivity contribution >= 4 is 56.3 Å². The highest BCUT2D eigenvalue weighted by Crippen LogP contribution is 2.36. The molecular formula is C10H8BrCl3. The van der Waals surface area contributed by atoms with Gasteiger partial charge < -0.3 is 0 Å². The van der Waals surface area contributed by atoms with Gasteiger partial charge in [0.15, 0.2) is 3.79 Å². The van der Waals surface area contributed by atoms with Crippen molar-refractivity contribution in [1.82, 2.24) is 0 Å². The van der Waals surface area contributed by atoms with Crippen LogP contribution < -0.4 is 0 Å². The Bertz CT molecular complexity index is 341. The Kier molecular flexibility index (Phi) is 4.32. The maximum Gasteiger partial charge on any atom is 0.194 e. The molecule has 0 heterocycles. The van der Waals surface area contributed by atoms with Crippen LogP contribution in [0.2, 0.25) is 0 Å². The Balaban J connectivity index is 2.80. The topological polar surface area (TPSA) is 0 Å². The van der Waals surface area contributed by atoms with E-state index < -0.39 is 3.79 Å². The first-order valence-corrected chi connectivity index (χ1v) is 5.81. The Hall–Kier alpha value is 0.310. The fourth-order valence-corrected chi connectivity index (χ4v) is 1.94. The van der Waals surface area contributed by atoms with Crippen LogP contribution in [0.5, 0.6) is 0 Å². The third-order valence-electron chi connectivity index (χ3n) is 1.65. The normalized spacial score (nSPS) is 11.4. The summed E-state index contributed by atoms with van der Waals surface area (Å²) >= 11 is 20.4. The van der Waals surface area contributed by atoms with Crippen LogP contribution in [0.3, 0.4) is 0 Å². The van der Waals surface area contributed by atoms with Crippen LogP contribution in [0.25, 0.3) is 5.57 Å². The molecule has 0 spiro atoms. The van der Waals surface area contributed by atoms with Crippen LogP contribution >= 0.6 is 50.7 Å². The summed E-state index contributed by atoms with van der Waals surface area (Å²) in [5.74, 6) is 0. The number of hydrogen-bond donors (Lipinski definition) is 0. The van der Waals surface area contributed by atoms with Gasteiger partial charge in [0, 0.05) is 10.9 Å². The van der Waals surface area contributed by atoms with Crippen LogP contribution in [0.4, 0.5) is 0 Å². The molecular weight excluding hydrogens is 306 g/mol. The van der Waals surface area contributed by atoms with Crippen molar-refractivity contribution in [1.29, 1.82) is 0 Å². The Morgan fingerprint density at radius 1 is 1.36 bits per heavy atom. The minimum Gasteiger partial charge on any atom is -0.0951 e. The van der Waals surface area contributed by atoms with E-state index in [1.165, 1.54) is 0 Å². The van der Waals surface area contributed by atoms with Gasteiger partial charge in [0.1, 0.15) is 0 Å². The molecule has 0 fully saturated rings. The minimum absolute atomic E-state index is 0.327. The van der Waals surface area contributed by atoms with Gasteiger partial charge in [-0.15, -0.1) is 0 Å². The highest BCUT2D eigenvalue weighted by Gasteiger charge is 2.21. The van der Waals surface area contributed by atoms with E-state index in [1.54, 1.807) is 0 Å². The highest BCUT2D eigenvalue weighted by molar-refractivity contribution is 9.10. The van der Waals surface area contributed by atoms with Crippen LogP contribution in [0, 0.1) is 0 Å². The van der Waals surface area contributed by atoms with Gasteiger partial charge in [0.05, 0.1) is 0 Å². The van der Waals surface area contributed by atoms with E-state index >= 15 is 0 Å². The van der Waals surface area contributed by atoms with Crippen LogP contribution in [-0.4, -0.2) is 3.79 Å². The largest absolute Gasteiger partial charge is 0.194 e. The van der Waals surface area contributed by atoms with Crippen molar-refractivity contribution < 1.29 is 0 Å². The number of alkyl halides is 3. The van der Waals surface area contributed by atoms with Gasteiger partial charge in [0.25, 0.3) is 0 Å². The molecule has 0 aliphatic heterocycles. The quantitative estimate of drug-likeness (QED) is 0.656. The lowest BCUT2D eigenvalue weighted by Crippen LogP contribution is -2.02. The average Bonchev–Trinajstić information content (AvgIpc) is 2.01. The van der Waals surface area contributed by atoms with Gasteiger partial charge in [-0.25, -0.2) is 0 Å². The fourth-order valence-electron chi connectivity index (χ4n) is 1.05. The van der Waals surface area contributed by atoms with Gasteiger partial charge >= 0.3 is 0 Å². The van der Waals surface area contributed by atoms with E-state index in [9.17, 15) is 0 Å². The molecule has 0 unspecified atom stereocenters. The molecule has 0 aliphatic rings. The van der Waals surface area contributed by atoms with Crippen molar-refractivity contribution in [2.45, 2.75) is 10.2 Å². The van der Waals surface area contributed by atoms with Crippen molar-refractivity contribution in [3.63, 3.8) is 0 Å². The predicted molar refractivity (Wildman–Crippen MR) is 68.1 cm³/mol. The summed E-state index contributed by atoms with van der Waals surface area (Å²) in [5.41, 5.74) is 1.79. The van der Waals surface area contributed by atoms with E-state index in [2.05, 4.69) is 22.5 Å². The summed E-state index contributed by atoms with van der Waals surface area (Å²) in [4.78, 5) is 0. The van der Waals surface area contributed by atoms with Crippen LogP contribution in [0.1, 0.15) is 12.0 Å². The molecule has 0 atom stereocenters. The van der Waals surface area contributed by atoms with Gasteiger partial charge in [-0.05, 0) is 23.3 Å². The summed E-state index contributed by atoms with van der Waals surface area (Å²) in [6.07, 6.45) is 0.327. The van der Waals surface area contributed by atoms with E-state index in [4.69, 9.17) is 34.8 Å². The molecule has 0 amide bonds. The number of halogens is 4. The summed E-state index contributed by atoms with van der Waals surface area (Å²) in [7, 11) is 0. The molecule has 0 bridgehead atoms. The predicted octanol–water partition coefficient (Wildman–Crippen LogP) is 5.22. The Labute approximate surface area is 107 Å².